The van der Waals surface area contributed by atoms with E-state index >= 15 is 0 Å². The zero-order chi connectivity index (χ0) is 15.4. The number of ether oxygens (including phenoxy) is 1. The second-order valence-electron chi connectivity index (χ2n) is 6.25. The van der Waals surface area contributed by atoms with Crippen LogP contribution in [0.1, 0.15) is 39.0 Å². The fourth-order valence-electron chi connectivity index (χ4n) is 3.33. The molecule has 6 heteroatoms. The molecule has 0 aromatic heterocycles. The Morgan fingerprint density at radius 2 is 2.05 bits per heavy atom. The lowest BCUT2D eigenvalue weighted by Crippen LogP contribution is -2.56. The minimum atomic E-state index is -0.905. The van der Waals surface area contributed by atoms with Gasteiger partial charge >= 0.3 is 12.0 Å². The van der Waals surface area contributed by atoms with E-state index in [1.807, 2.05) is 6.92 Å². The van der Waals surface area contributed by atoms with Crippen LogP contribution in [-0.4, -0.2) is 65.8 Å². The summed E-state index contributed by atoms with van der Waals surface area (Å²) in [5.74, 6) is -0.905. The fourth-order valence-corrected chi connectivity index (χ4v) is 3.33. The molecule has 0 spiro atoms. The van der Waals surface area contributed by atoms with Crippen molar-refractivity contribution in [3.8, 4) is 0 Å². The van der Waals surface area contributed by atoms with Crippen molar-refractivity contribution in [3.05, 3.63) is 0 Å². The number of rotatable bonds is 3. The van der Waals surface area contributed by atoms with Gasteiger partial charge in [0, 0.05) is 26.7 Å². The largest absolute Gasteiger partial charge is 0.480 e. The molecule has 2 aliphatic heterocycles. The molecule has 0 aliphatic carbocycles. The summed E-state index contributed by atoms with van der Waals surface area (Å²) in [6, 6.07) is -0.899. The molecule has 2 fully saturated rings. The van der Waals surface area contributed by atoms with Gasteiger partial charge in [-0.05, 0) is 38.0 Å². The van der Waals surface area contributed by atoms with Gasteiger partial charge in [-0.3, -0.25) is 0 Å². The van der Waals surface area contributed by atoms with Gasteiger partial charge in [-0.15, -0.1) is 0 Å². The third-order valence-electron chi connectivity index (χ3n) is 4.51. The van der Waals surface area contributed by atoms with Crippen molar-refractivity contribution in [3.63, 3.8) is 0 Å². The van der Waals surface area contributed by atoms with Crippen LogP contribution in [0.2, 0.25) is 0 Å². The number of amides is 2. The van der Waals surface area contributed by atoms with Crippen molar-refractivity contribution in [2.75, 3.05) is 26.7 Å². The summed E-state index contributed by atoms with van der Waals surface area (Å²) < 4.78 is 5.65. The first-order chi connectivity index (χ1) is 10.0. The van der Waals surface area contributed by atoms with Gasteiger partial charge < -0.3 is 19.6 Å². The molecule has 2 heterocycles. The zero-order valence-electron chi connectivity index (χ0n) is 13.0. The number of carbonyl (C=O) groups is 2. The highest BCUT2D eigenvalue weighted by molar-refractivity contribution is 5.83. The molecule has 2 amide bonds. The van der Waals surface area contributed by atoms with Crippen molar-refractivity contribution < 1.29 is 19.4 Å². The van der Waals surface area contributed by atoms with Crippen LogP contribution in [0.25, 0.3) is 0 Å². The Balaban J connectivity index is 1.97. The predicted molar refractivity (Wildman–Crippen MR) is 78.1 cm³/mol. The van der Waals surface area contributed by atoms with Crippen molar-refractivity contribution in [2.24, 2.45) is 5.92 Å². The number of carboxylic acid groups (broad SMARTS) is 1. The third-order valence-corrected chi connectivity index (χ3v) is 4.51. The molecule has 3 unspecified atom stereocenters. The van der Waals surface area contributed by atoms with Crippen molar-refractivity contribution in [2.45, 2.75) is 51.2 Å². The topological polar surface area (TPSA) is 70.1 Å². The SMILES string of the molecule is CC1CCCN(C(=O)N(C)CC2CCCCO2)C1C(=O)O. The van der Waals surface area contributed by atoms with E-state index in [1.54, 1.807) is 11.9 Å². The second kappa shape index (κ2) is 7.11. The maximum absolute atomic E-state index is 12.6. The standard InChI is InChI=1S/C15H26N2O4/c1-11-6-5-8-17(13(11)14(18)19)15(20)16(2)10-12-7-3-4-9-21-12/h11-13H,3-10H2,1-2H3,(H,18,19). The van der Waals surface area contributed by atoms with E-state index in [0.29, 0.717) is 13.1 Å². The van der Waals surface area contributed by atoms with Crippen LogP contribution in [0.5, 0.6) is 0 Å². The molecule has 0 bridgehead atoms. The summed E-state index contributed by atoms with van der Waals surface area (Å²) in [5.41, 5.74) is 0. The van der Waals surface area contributed by atoms with Crippen molar-refractivity contribution in [1.29, 1.82) is 0 Å². The van der Waals surface area contributed by atoms with E-state index in [1.165, 1.54) is 4.90 Å². The Morgan fingerprint density at radius 1 is 1.29 bits per heavy atom. The summed E-state index contributed by atoms with van der Waals surface area (Å²) >= 11 is 0. The number of aliphatic carboxylic acids is 1. The second-order valence-corrected chi connectivity index (χ2v) is 6.25. The number of hydrogen-bond donors (Lipinski definition) is 1. The van der Waals surface area contributed by atoms with E-state index in [2.05, 4.69) is 0 Å². The summed E-state index contributed by atoms with van der Waals surface area (Å²) in [4.78, 5) is 27.1. The number of hydrogen-bond acceptors (Lipinski definition) is 3. The van der Waals surface area contributed by atoms with Crippen LogP contribution in [0.15, 0.2) is 0 Å². The quantitative estimate of drug-likeness (QED) is 0.862. The van der Waals surface area contributed by atoms with E-state index in [0.717, 1.165) is 38.7 Å². The Hall–Kier alpha value is -1.30. The van der Waals surface area contributed by atoms with Crippen LogP contribution >= 0.6 is 0 Å². The van der Waals surface area contributed by atoms with Gasteiger partial charge in [0.2, 0.25) is 0 Å². The number of nitrogens with zero attached hydrogens (tertiary/aromatic N) is 2. The molecule has 1 N–H and O–H groups in total. The molecule has 6 nitrogen and oxygen atoms in total. The van der Waals surface area contributed by atoms with E-state index in [4.69, 9.17) is 4.74 Å². The first kappa shape index (κ1) is 16.1. The molecular formula is C15H26N2O4. The molecule has 0 aromatic carbocycles. The molecule has 2 rings (SSSR count). The Bertz CT molecular complexity index is 382. The van der Waals surface area contributed by atoms with Crippen LogP contribution < -0.4 is 0 Å². The van der Waals surface area contributed by atoms with Gasteiger partial charge in [-0.25, -0.2) is 9.59 Å². The van der Waals surface area contributed by atoms with E-state index in [9.17, 15) is 14.7 Å². The molecule has 0 aromatic rings. The molecule has 21 heavy (non-hydrogen) atoms. The maximum Gasteiger partial charge on any atom is 0.326 e. The highest BCUT2D eigenvalue weighted by Crippen LogP contribution is 2.25. The summed E-state index contributed by atoms with van der Waals surface area (Å²) in [6.45, 7) is 3.72. The number of piperidine rings is 1. The Kier molecular flexibility index (Phi) is 5.45. The molecule has 120 valence electrons. The van der Waals surface area contributed by atoms with Gasteiger partial charge in [0.15, 0.2) is 0 Å². The van der Waals surface area contributed by atoms with Crippen molar-refractivity contribution >= 4 is 12.0 Å². The first-order valence-electron chi connectivity index (χ1n) is 7.87. The van der Waals surface area contributed by atoms with Gasteiger partial charge in [0.25, 0.3) is 0 Å². The number of carboxylic acids is 1. The van der Waals surface area contributed by atoms with Crippen LogP contribution in [0.3, 0.4) is 0 Å². The molecule has 2 aliphatic rings. The normalized spacial score (nSPS) is 30.0. The Morgan fingerprint density at radius 3 is 2.67 bits per heavy atom. The van der Waals surface area contributed by atoms with Crippen LogP contribution in [-0.2, 0) is 9.53 Å². The predicted octanol–water partition coefficient (Wildman–Crippen LogP) is 1.79. The van der Waals surface area contributed by atoms with E-state index in [-0.39, 0.29) is 18.1 Å². The summed E-state index contributed by atoms with van der Waals surface area (Å²) in [5, 5.41) is 9.39. The molecule has 0 radical (unpaired) electrons. The van der Waals surface area contributed by atoms with Gasteiger partial charge in [-0.2, -0.15) is 0 Å². The Labute approximate surface area is 126 Å². The average Bonchev–Trinajstić information content (AvgIpc) is 2.46. The summed E-state index contributed by atoms with van der Waals surface area (Å²) in [6.07, 6.45) is 4.99. The van der Waals surface area contributed by atoms with Gasteiger partial charge in [-0.1, -0.05) is 6.92 Å². The zero-order valence-corrected chi connectivity index (χ0v) is 13.0. The van der Waals surface area contributed by atoms with E-state index < -0.39 is 12.0 Å². The van der Waals surface area contributed by atoms with Gasteiger partial charge in [0.05, 0.1) is 6.10 Å². The number of likely N-dealkylation sites (N-methyl/N-ethyl adjacent to an activating group) is 1. The highest BCUT2D eigenvalue weighted by atomic mass is 16.5. The smallest absolute Gasteiger partial charge is 0.326 e. The molecule has 0 saturated carbocycles. The minimum absolute atomic E-state index is 0.000435. The number of carbonyl (C=O) groups excluding carboxylic acids is 1. The van der Waals surface area contributed by atoms with Crippen LogP contribution in [0, 0.1) is 5.92 Å². The third kappa shape index (κ3) is 3.87. The lowest BCUT2D eigenvalue weighted by atomic mass is 9.91. The fraction of sp³-hybridized carbons (Fsp3) is 0.867. The molecule has 2 saturated heterocycles. The van der Waals surface area contributed by atoms with Crippen LogP contribution in [0.4, 0.5) is 4.79 Å². The minimum Gasteiger partial charge on any atom is -0.480 e. The number of likely N-dealkylation sites (tertiary alicyclic amines) is 1. The number of urea groups is 1. The molecular weight excluding hydrogens is 272 g/mol. The average molecular weight is 298 g/mol. The maximum atomic E-state index is 12.6. The summed E-state index contributed by atoms with van der Waals surface area (Å²) in [7, 11) is 1.73. The lowest BCUT2D eigenvalue weighted by Gasteiger charge is -2.40. The monoisotopic (exact) mass is 298 g/mol. The molecule has 3 atom stereocenters. The lowest BCUT2D eigenvalue weighted by molar-refractivity contribution is -0.145. The van der Waals surface area contributed by atoms with Crippen molar-refractivity contribution in [1.82, 2.24) is 9.80 Å². The van der Waals surface area contributed by atoms with Gasteiger partial charge in [0.1, 0.15) is 6.04 Å². The highest BCUT2D eigenvalue weighted by Gasteiger charge is 2.38. The first-order valence-corrected chi connectivity index (χ1v) is 7.87.